The number of ether oxygens (including phenoxy) is 1. The Morgan fingerprint density at radius 2 is 1.93 bits per heavy atom. The number of methoxy groups -OCH3 is 1. The van der Waals surface area contributed by atoms with Crippen LogP contribution in [0.2, 0.25) is 5.02 Å². The first kappa shape index (κ1) is 20.1. The molecule has 0 saturated heterocycles. The number of carbonyl (C=O) groups excluding carboxylic acids is 1. The van der Waals surface area contributed by atoms with Gasteiger partial charge in [-0.25, -0.2) is 4.98 Å². The Hall–Kier alpha value is -3.17. The van der Waals surface area contributed by atoms with Gasteiger partial charge in [-0.2, -0.15) is 4.98 Å². The molecule has 10 heteroatoms. The summed E-state index contributed by atoms with van der Waals surface area (Å²) >= 11 is 7.39. The smallest absolute Gasteiger partial charge is 0.325 e. The van der Waals surface area contributed by atoms with Gasteiger partial charge < -0.3 is 9.26 Å². The Morgan fingerprint density at radius 1 is 1.17 bits per heavy atom. The molecular weight excluding hydrogens is 428 g/mol. The van der Waals surface area contributed by atoms with Gasteiger partial charge in [-0.05, 0) is 24.3 Å². The Morgan fingerprint density at radius 3 is 2.73 bits per heavy atom. The van der Waals surface area contributed by atoms with Crippen molar-refractivity contribution in [2.24, 2.45) is 0 Å². The van der Waals surface area contributed by atoms with E-state index in [2.05, 4.69) is 15.1 Å². The highest BCUT2D eigenvalue weighted by Gasteiger charge is 2.17. The van der Waals surface area contributed by atoms with Crippen LogP contribution in [0.4, 0.5) is 0 Å². The molecule has 0 aliphatic heterocycles. The summed E-state index contributed by atoms with van der Waals surface area (Å²) in [5.74, 6) is 0.438. The molecule has 8 nitrogen and oxygen atoms in total. The quantitative estimate of drug-likeness (QED) is 0.254. The number of hydrogen-bond acceptors (Lipinski definition) is 8. The third-order valence-electron chi connectivity index (χ3n) is 4.24. The normalized spacial score (nSPS) is 11.0. The van der Waals surface area contributed by atoms with Crippen molar-refractivity contribution in [2.75, 3.05) is 7.11 Å². The van der Waals surface area contributed by atoms with Crippen molar-refractivity contribution in [3.8, 4) is 11.5 Å². The number of carbonyl (C=O) groups is 1. The molecule has 2 aromatic carbocycles. The number of thioether (sulfide) groups is 1. The largest absolute Gasteiger partial charge is 0.468 e. The van der Waals surface area contributed by atoms with E-state index < -0.39 is 5.97 Å². The summed E-state index contributed by atoms with van der Waals surface area (Å²) < 4.78 is 11.3. The minimum absolute atomic E-state index is 0.243. The number of hydrogen-bond donors (Lipinski definition) is 0. The van der Waals surface area contributed by atoms with Crippen molar-refractivity contribution < 1.29 is 14.1 Å². The van der Waals surface area contributed by atoms with Crippen molar-refractivity contribution in [3.63, 3.8) is 0 Å². The molecule has 4 rings (SSSR count). The highest BCUT2D eigenvalue weighted by Crippen LogP contribution is 2.27. The lowest BCUT2D eigenvalue weighted by Gasteiger charge is -2.11. The van der Waals surface area contributed by atoms with Crippen LogP contribution in [0.5, 0.6) is 0 Å². The number of halogens is 1. The molecule has 0 saturated carbocycles. The van der Waals surface area contributed by atoms with E-state index in [4.69, 9.17) is 20.9 Å². The lowest BCUT2D eigenvalue weighted by Crippen LogP contribution is -2.27. The monoisotopic (exact) mass is 442 g/mol. The van der Waals surface area contributed by atoms with E-state index in [0.29, 0.717) is 38.4 Å². The van der Waals surface area contributed by atoms with Crippen molar-refractivity contribution in [1.29, 1.82) is 0 Å². The van der Waals surface area contributed by atoms with E-state index in [-0.39, 0.29) is 17.9 Å². The van der Waals surface area contributed by atoms with Gasteiger partial charge in [0.05, 0.1) is 34.4 Å². The summed E-state index contributed by atoms with van der Waals surface area (Å²) in [5, 5.41) is 5.25. The van der Waals surface area contributed by atoms with E-state index >= 15 is 0 Å². The van der Waals surface area contributed by atoms with Crippen molar-refractivity contribution in [3.05, 3.63) is 69.7 Å². The minimum atomic E-state index is -0.545. The van der Waals surface area contributed by atoms with E-state index in [1.54, 1.807) is 36.4 Å². The van der Waals surface area contributed by atoms with E-state index in [0.717, 1.165) is 0 Å². The number of benzene rings is 2. The van der Waals surface area contributed by atoms with Gasteiger partial charge in [0, 0.05) is 0 Å². The third-order valence-corrected chi connectivity index (χ3v) is 5.55. The van der Waals surface area contributed by atoms with Crippen LogP contribution in [0, 0.1) is 0 Å². The number of rotatable bonds is 6. The van der Waals surface area contributed by atoms with Crippen molar-refractivity contribution in [2.45, 2.75) is 17.5 Å². The van der Waals surface area contributed by atoms with Crippen LogP contribution in [0.1, 0.15) is 5.82 Å². The van der Waals surface area contributed by atoms with Crippen LogP contribution in [-0.4, -0.2) is 32.8 Å². The summed E-state index contributed by atoms with van der Waals surface area (Å²) in [6, 6.07) is 14.1. The Bertz CT molecular complexity index is 1290. The highest BCUT2D eigenvalue weighted by atomic mass is 35.5. The molecule has 0 N–H and O–H groups in total. The summed E-state index contributed by atoms with van der Waals surface area (Å²) in [5.41, 5.74) is 0.851. The second-order valence-electron chi connectivity index (χ2n) is 6.16. The van der Waals surface area contributed by atoms with Crippen molar-refractivity contribution >= 4 is 40.2 Å². The van der Waals surface area contributed by atoms with Gasteiger partial charge in [-0.3, -0.25) is 14.2 Å². The second-order valence-corrected chi connectivity index (χ2v) is 7.51. The lowest BCUT2D eigenvalue weighted by atomic mass is 10.2. The summed E-state index contributed by atoms with van der Waals surface area (Å²) in [6.07, 6.45) is 0. The molecule has 0 fully saturated rings. The first-order valence-corrected chi connectivity index (χ1v) is 10.2. The molecule has 2 heterocycles. The SMILES string of the molecule is COC(=O)Cn1c(SCc2noc(-c3ccccc3Cl)n2)nc2ccccc2c1=O. The maximum Gasteiger partial charge on any atom is 0.325 e. The molecule has 0 radical (unpaired) electrons. The molecule has 0 aliphatic rings. The summed E-state index contributed by atoms with van der Waals surface area (Å²) in [7, 11) is 1.27. The highest BCUT2D eigenvalue weighted by molar-refractivity contribution is 7.98. The Balaban J connectivity index is 1.64. The zero-order valence-corrected chi connectivity index (χ0v) is 17.3. The first-order valence-electron chi connectivity index (χ1n) is 8.83. The topological polar surface area (TPSA) is 100 Å². The number of esters is 1. The number of para-hydroxylation sites is 1. The third kappa shape index (κ3) is 4.07. The standard InChI is InChI=1S/C20H15ClN4O4S/c1-28-17(26)10-25-19(27)13-7-3-5-9-15(13)22-20(25)30-11-16-23-18(29-24-16)12-6-2-4-8-14(12)21/h2-9H,10-11H2,1H3. The van der Waals surface area contributed by atoms with Gasteiger partial charge in [0.25, 0.3) is 11.4 Å². The van der Waals surface area contributed by atoms with Crippen LogP contribution in [-0.2, 0) is 21.8 Å². The van der Waals surface area contributed by atoms with E-state index in [1.165, 1.54) is 23.4 Å². The number of aromatic nitrogens is 4. The average Bonchev–Trinajstić information content (AvgIpc) is 3.23. The molecule has 0 unspecified atom stereocenters. The zero-order valence-electron chi connectivity index (χ0n) is 15.7. The predicted octanol–water partition coefficient (Wildman–Crippen LogP) is 3.57. The molecule has 0 amide bonds. The first-order chi connectivity index (χ1) is 14.6. The van der Waals surface area contributed by atoms with Crippen LogP contribution < -0.4 is 5.56 Å². The fraction of sp³-hybridized carbons (Fsp3) is 0.150. The van der Waals surface area contributed by atoms with Gasteiger partial charge in [-0.1, -0.05) is 52.8 Å². The van der Waals surface area contributed by atoms with Gasteiger partial charge in [0.15, 0.2) is 11.0 Å². The minimum Gasteiger partial charge on any atom is -0.468 e. The van der Waals surface area contributed by atoms with Crippen LogP contribution in [0.15, 0.2) is 63.0 Å². The molecule has 0 bridgehead atoms. The molecular formula is C20H15ClN4O4S. The van der Waals surface area contributed by atoms with Gasteiger partial charge in [0.1, 0.15) is 6.54 Å². The van der Waals surface area contributed by atoms with Gasteiger partial charge in [-0.15, -0.1) is 0 Å². The van der Waals surface area contributed by atoms with Crippen LogP contribution >= 0.6 is 23.4 Å². The zero-order chi connectivity index (χ0) is 21.1. The van der Waals surface area contributed by atoms with Gasteiger partial charge in [0.2, 0.25) is 0 Å². The Labute approximate surface area is 179 Å². The number of nitrogens with zero attached hydrogens (tertiary/aromatic N) is 4. The fourth-order valence-electron chi connectivity index (χ4n) is 2.78. The number of fused-ring (bicyclic) bond motifs is 1. The van der Waals surface area contributed by atoms with Gasteiger partial charge >= 0.3 is 5.97 Å². The molecule has 2 aromatic heterocycles. The van der Waals surface area contributed by atoms with E-state index in [1.807, 2.05) is 12.1 Å². The molecule has 0 atom stereocenters. The summed E-state index contributed by atoms with van der Waals surface area (Å²) in [4.78, 5) is 33.6. The average molecular weight is 443 g/mol. The van der Waals surface area contributed by atoms with Crippen molar-refractivity contribution in [1.82, 2.24) is 19.7 Å². The Kier molecular flexibility index (Phi) is 5.82. The maximum atomic E-state index is 12.9. The molecule has 152 valence electrons. The van der Waals surface area contributed by atoms with Crippen LogP contribution in [0.25, 0.3) is 22.4 Å². The molecule has 0 aliphatic carbocycles. The second kappa shape index (κ2) is 8.68. The summed E-state index contributed by atoms with van der Waals surface area (Å²) in [6.45, 7) is -0.243. The maximum absolute atomic E-state index is 12.9. The predicted molar refractivity (Wildman–Crippen MR) is 112 cm³/mol. The fourth-order valence-corrected chi connectivity index (χ4v) is 3.83. The molecule has 4 aromatic rings. The molecule has 30 heavy (non-hydrogen) atoms. The van der Waals surface area contributed by atoms with Crippen LogP contribution in [0.3, 0.4) is 0 Å². The molecule has 0 spiro atoms. The van der Waals surface area contributed by atoms with E-state index in [9.17, 15) is 9.59 Å². The lowest BCUT2D eigenvalue weighted by molar-refractivity contribution is -0.141.